The zero-order valence-corrected chi connectivity index (χ0v) is 24.8. The lowest BCUT2D eigenvalue weighted by atomic mass is 9.74. The van der Waals surface area contributed by atoms with Gasteiger partial charge in [0.25, 0.3) is 5.69 Å². The lowest BCUT2D eigenvalue weighted by Gasteiger charge is -2.40. The second-order valence-corrected chi connectivity index (χ2v) is 11.3. The number of benzene rings is 3. The molecule has 1 aliphatic heterocycles. The van der Waals surface area contributed by atoms with E-state index < -0.39 is 10.8 Å². The predicted octanol–water partition coefficient (Wildman–Crippen LogP) is 7.51. The fourth-order valence-corrected chi connectivity index (χ4v) is 6.16. The predicted molar refractivity (Wildman–Crippen MR) is 160 cm³/mol. The summed E-state index contributed by atoms with van der Waals surface area (Å²) in [5.74, 6) is 0.0855. The number of Topliss-reactive ketones (excluding diaryl/α,β-unsaturated/α-hetero) is 1. The lowest BCUT2D eigenvalue weighted by molar-refractivity contribution is -0.384. The van der Waals surface area contributed by atoms with Gasteiger partial charge in [-0.05, 0) is 89.1 Å². The third kappa shape index (κ3) is 5.21. The highest BCUT2D eigenvalue weighted by atomic mass is 79.9. The Bertz CT molecular complexity index is 1710. The molecule has 1 unspecified atom stereocenters. The Morgan fingerprint density at radius 3 is 2.63 bits per heavy atom. The molecule has 0 aromatic heterocycles. The zero-order valence-electron chi connectivity index (χ0n) is 22.4. The first-order chi connectivity index (χ1) is 19.6. The van der Waals surface area contributed by atoms with E-state index in [1.165, 1.54) is 12.1 Å². The summed E-state index contributed by atoms with van der Waals surface area (Å²) in [6.07, 6.45) is 1.46. The van der Waals surface area contributed by atoms with Crippen LogP contribution < -0.4 is 15.4 Å². The van der Waals surface area contributed by atoms with Crippen LogP contribution in [0.4, 0.5) is 11.4 Å². The maximum Gasteiger partial charge on any atom is 0.289 e. The Hall–Kier alpha value is -4.13. The molecule has 2 aliphatic rings. The minimum Gasteiger partial charge on any atom is -0.488 e. The fraction of sp³-hybridized carbons (Fsp3) is 0.226. The van der Waals surface area contributed by atoms with Gasteiger partial charge < -0.3 is 10.5 Å². The quantitative estimate of drug-likeness (QED) is 0.220. The first kappa shape index (κ1) is 28.4. The SMILES string of the molecule is Cc1cc(C)c(C2C(C#N)=C(N)N(c3ccc(Cl)c([N+](=O)[O-])c3)C3=C2C(=O)CCC3)cc1COc1ccccc1Br. The van der Waals surface area contributed by atoms with Gasteiger partial charge in [-0.3, -0.25) is 19.8 Å². The summed E-state index contributed by atoms with van der Waals surface area (Å²) in [7, 11) is 0. The molecule has 0 fully saturated rings. The molecule has 0 saturated carbocycles. The number of nitro benzene ring substituents is 1. The van der Waals surface area contributed by atoms with E-state index in [-0.39, 0.29) is 34.5 Å². The number of hydrogen-bond donors (Lipinski definition) is 1. The molecule has 3 aromatic rings. The van der Waals surface area contributed by atoms with E-state index in [2.05, 4.69) is 22.0 Å². The van der Waals surface area contributed by atoms with Crippen molar-refractivity contribution in [3.8, 4) is 11.8 Å². The van der Waals surface area contributed by atoms with Gasteiger partial charge in [0.1, 0.15) is 23.2 Å². The first-order valence-electron chi connectivity index (χ1n) is 13.0. The van der Waals surface area contributed by atoms with Crippen LogP contribution in [0.2, 0.25) is 5.02 Å². The molecule has 2 N–H and O–H groups in total. The number of hydrogen-bond acceptors (Lipinski definition) is 7. The fourth-order valence-electron chi connectivity index (χ4n) is 5.57. The van der Waals surface area contributed by atoms with E-state index in [0.717, 1.165) is 26.7 Å². The standard InChI is InChI=1S/C31H26BrClN4O4/c1-17-12-18(2)21(13-19(17)16-41-28-9-4-3-6-23(28)32)29-22(15-34)31(35)36(25-7-5-8-27(38)30(25)29)20-10-11-24(33)26(14-20)37(39)40/h3-4,6,9-14,29H,5,7-8,16,35H2,1-2H3. The van der Waals surface area contributed by atoms with Crippen molar-refractivity contribution in [1.29, 1.82) is 5.26 Å². The number of rotatable bonds is 6. The molecule has 208 valence electrons. The van der Waals surface area contributed by atoms with Crippen LogP contribution in [0.15, 0.2) is 81.7 Å². The second kappa shape index (κ2) is 11.4. The molecule has 41 heavy (non-hydrogen) atoms. The summed E-state index contributed by atoms with van der Waals surface area (Å²) in [5.41, 5.74) is 11.8. The highest BCUT2D eigenvalue weighted by Crippen LogP contribution is 2.48. The number of aryl methyl sites for hydroxylation is 2. The Morgan fingerprint density at radius 2 is 1.93 bits per heavy atom. The van der Waals surface area contributed by atoms with Crippen molar-refractivity contribution in [1.82, 2.24) is 0 Å². The summed E-state index contributed by atoms with van der Waals surface area (Å²) in [6, 6.07) is 18.2. The number of carbonyl (C=O) groups excluding carboxylic acids is 1. The Balaban J connectivity index is 1.65. The summed E-state index contributed by atoms with van der Waals surface area (Å²) >= 11 is 9.58. The van der Waals surface area contributed by atoms with Crippen LogP contribution in [0.1, 0.15) is 47.4 Å². The van der Waals surface area contributed by atoms with Crippen molar-refractivity contribution in [2.45, 2.75) is 45.6 Å². The Morgan fingerprint density at radius 1 is 1.17 bits per heavy atom. The number of nitro groups is 1. The number of ketones is 1. The molecular formula is C31H26BrClN4O4. The Labute approximate surface area is 250 Å². The van der Waals surface area contributed by atoms with Gasteiger partial charge >= 0.3 is 0 Å². The maximum atomic E-state index is 13.6. The second-order valence-electron chi connectivity index (χ2n) is 10.1. The van der Waals surface area contributed by atoms with Gasteiger partial charge in [-0.1, -0.05) is 35.9 Å². The molecular weight excluding hydrogens is 608 g/mol. The van der Waals surface area contributed by atoms with Gasteiger partial charge in [0.05, 0.1) is 32.6 Å². The minimum atomic E-state index is -0.677. The molecule has 0 bridgehead atoms. The zero-order chi connectivity index (χ0) is 29.4. The molecule has 0 saturated heterocycles. The number of ether oxygens (including phenoxy) is 1. The highest BCUT2D eigenvalue weighted by molar-refractivity contribution is 9.10. The number of allylic oxidation sites excluding steroid dienone is 3. The molecule has 10 heteroatoms. The van der Waals surface area contributed by atoms with Crippen molar-refractivity contribution in [2.24, 2.45) is 5.73 Å². The normalized spacial score (nSPS) is 16.9. The number of halogens is 2. The van der Waals surface area contributed by atoms with Crippen LogP contribution in [0.25, 0.3) is 0 Å². The summed E-state index contributed by atoms with van der Waals surface area (Å²) in [5, 5.41) is 22.0. The van der Waals surface area contributed by atoms with Crippen LogP contribution in [0.3, 0.4) is 0 Å². The van der Waals surface area contributed by atoms with Crippen LogP contribution >= 0.6 is 27.5 Å². The van der Waals surface area contributed by atoms with Crippen molar-refractivity contribution in [3.05, 3.63) is 119 Å². The molecule has 8 nitrogen and oxygen atoms in total. The van der Waals surface area contributed by atoms with E-state index >= 15 is 0 Å². The van der Waals surface area contributed by atoms with E-state index in [1.807, 2.05) is 50.2 Å². The molecule has 1 heterocycles. The number of anilines is 1. The van der Waals surface area contributed by atoms with Crippen molar-refractivity contribution >= 4 is 44.7 Å². The highest BCUT2D eigenvalue weighted by Gasteiger charge is 2.41. The molecule has 1 aliphatic carbocycles. The smallest absolute Gasteiger partial charge is 0.289 e. The van der Waals surface area contributed by atoms with Gasteiger partial charge in [-0.2, -0.15) is 5.26 Å². The maximum absolute atomic E-state index is 13.6. The number of nitrogens with zero attached hydrogens (tertiary/aromatic N) is 3. The minimum absolute atomic E-state index is 0.0156. The number of nitriles is 1. The average Bonchev–Trinajstić information content (AvgIpc) is 2.93. The molecule has 0 spiro atoms. The molecule has 0 amide bonds. The van der Waals surface area contributed by atoms with E-state index in [9.17, 15) is 20.2 Å². The van der Waals surface area contributed by atoms with Crippen LogP contribution in [0, 0.1) is 35.3 Å². The number of para-hydroxylation sites is 1. The topological polar surface area (TPSA) is 122 Å². The van der Waals surface area contributed by atoms with E-state index in [0.29, 0.717) is 42.0 Å². The van der Waals surface area contributed by atoms with E-state index in [4.69, 9.17) is 22.1 Å². The lowest BCUT2D eigenvalue weighted by Crippen LogP contribution is -2.39. The van der Waals surface area contributed by atoms with Crippen molar-refractivity contribution < 1.29 is 14.5 Å². The number of carbonyl (C=O) groups is 1. The largest absolute Gasteiger partial charge is 0.488 e. The van der Waals surface area contributed by atoms with Crippen LogP contribution in [-0.2, 0) is 11.4 Å². The molecule has 5 rings (SSSR count). The summed E-state index contributed by atoms with van der Waals surface area (Å²) < 4.78 is 6.94. The molecule has 1 atom stereocenters. The van der Waals surface area contributed by atoms with Gasteiger partial charge in [0, 0.05) is 23.8 Å². The third-order valence-corrected chi connectivity index (χ3v) is 8.53. The van der Waals surface area contributed by atoms with Gasteiger partial charge in [-0.15, -0.1) is 0 Å². The third-order valence-electron chi connectivity index (χ3n) is 7.55. The summed E-state index contributed by atoms with van der Waals surface area (Å²) in [6.45, 7) is 4.24. The summed E-state index contributed by atoms with van der Waals surface area (Å²) in [4.78, 5) is 26.2. The Kier molecular flexibility index (Phi) is 7.89. The van der Waals surface area contributed by atoms with Crippen LogP contribution in [-0.4, -0.2) is 10.7 Å². The monoisotopic (exact) mass is 632 g/mol. The molecule has 3 aromatic carbocycles. The van der Waals surface area contributed by atoms with Gasteiger partial charge in [0.2, 0.25) is 0 Å². The molecule has 0 radical (unpaired) electrons. The van der Waals surface area contributed by atoms with Crippen molar-refractivity contribution in [2.75, 3.05) is 4.90 Å². The number of nitrogens with two attached hydrogens (primary N) is 1. The van der Waals surface area contributed by atoms with Crippen LogP contribution in [0.5, 0.6) is 5.75 Å². The van der Waals surface area contributed by atoms with Gasteiger partial charge in [0.15, 0.2) is 5.78 Å². The van der Waals surface area contributed by atoms with Crippen molar-refractivity contribution in [3.63, 3.8) is 0 Å². The van der Waals surface area contributed by atoms with E-state index in [1.54, 1.807) is 11.0 Å². The van der Waals surface area contributed by atoms with Gasteiger partial charge in [-0.25, -0.2) is 0 Å². The average molecular weight is 634 g/mol. The first-order valence-corrected chi connectivity index (χ1v) is 14.2.